The van der Waals surface area contributed by atoms with E-state index in [1.807, 2.05) is 0 Å². The molecule has 1 aliphatic heterocycles. The lowest BCUT2D eigenvalue weighted by atomic mass is 10.1. The number of nitrogens with zero attached hydrogens (tertiary/aromatic N) is 1. The third-order valence-electron chi connectivity index (χ3n) is 5.93. The number of likely N-dealkylation sites (tertiary alicyclic amines) is 1. The first-order valence-electron chi connectivity index (χ1n) is 10.7. The number of nitrogens with one attached hydrogen (secondary N) is 2. The summed E-state index contributed by atoms with van der Waals surface area (Å²) in [4.78, 5) is 27.7. The van der Waals surface area contributed by atoms with E-state index in [0.29, 0.717) is 24.2 Å². The lowest BCUT2D eigenvalue weighted by Crippen LogP contribution is -2.48. The Morgan fingerprint density at radius 1 is 0.903 bits per heavy atom. The molecule has 1 aliphatic carbocycles. The summed E-state index contributed by atoms with van der Waals surface area (Å²) in [5.74, 6) is -0.344. The fraction of sp³-hybridized carbons (Fsp3) is 0.391. The topological polar surface area (TPSA) is 95.6 Å². The summed E-state index contributed by atoms with van der Waals surface area (Å²) in [6.45, 7) is 0.515. The summed E-state index contributed by atoms with van der Waals surface area (Å²) in [7, 11) is -3.75. The minimum atomic E-state index is -3.75. The number of hydrogen-bond acceptors (Lipinski definition) is 4. The molecule has 0 radical (unpaired) electrons. The van der Waals surface area contributed by atoms with E-state index < -0.39 is 16.1 Å². The fourth-order valence-corrected chi connectivity index (χ4v) is 5.42. The van der Waals surface area contributed by atoms with Gasteiger partial charge in [0.1, 0.15) is 6.04 Å². The number of rotatable bonds is 6. The van der Waals surface area contributed by atoms with Crippen LogP contribution < -0.4 is 10.0 Å². The molecule has 2 aliphatic rings. The number of amides is 2. The van der Waals surface area contributed by atoms with Crippen molar-refractivity contribution >= 4 is 27.5 Å². The van der Waals surface area contributed by atoms with Crippen molar-refractivity contribution in [2.24, 2.45) is 0 Å². The number of anilines is 1. The lowest BCUT2D eigenvalue weighted by molar-refractivity contribution is -0.125. The van der Waals surface area contributed by atoms with Crippen LogP contribution in [0.5, 0.6) is 0 Å². The third-order valence-corrected chi connectivity index (χ3v) is 7.33. The molecule has 1 heterocycles. The molecular weight excluding hydrogens is 414 g/mol. The Balaban J connectivity index is 1.48. The number of carbonyl (C=O) groups is 2. The summed E-state index contributed by atoms with van der Waals surface area (Å²) in [6.07, 6.45) is 5.67. The molecule has 1 saturated carbocycles. The normalized spacial score (nSPS) is 19.4. The molecule has 31 heavy (non-hydrogen) atoms. The second kappa shape index (κ2) is 9.09. The predicted octanol–water partition coefficient (Wildman–Crippen LogP) is 3.15. The van der Waals surface area contributed by atoms with E-state index >= 15 is 0 Å². The van der Waals surface area contributed by atoms with Crippen molar-refractivity contribution in [1.29, 1.82) is 0 Å². The van der Waals surface area contributed by atoms with Gasteiger partial charge in [-0.3, -0.25) is 14.3 Å². The highest BCUT2D eigenvalue weighted by molar-refractivity contribution is 7.92. The first-order chi connectivity index (χ1) is 14.9. The second-order valence-electron chi connectivity index (χ2n) is 8.15. The predicted molar refractivity (Wildman–Crippen MR) is 118 cm³/mol. The quantitative estimate of drug-likeness (QED) is 0.720. The Morgan fingerprint density at radius 2 is 1.65 bits per heavy atom. The van der Waals surface area contributed by atoms with Gasteiger partial charge >= 0.3 is 0 Å². The number of carbonyl (C=O) groups excluding carboxylic acids is 2. The van der Waals surface area contributed by atoms with E-state index in [1.165, 1.54) is 18.2 Å². The van der Waals surface area contributed by atoms with Gasteiger partial charge in [-0.1, -0.05) is 37.1 Å². The van der Waals surface area contributed by atoms with Gasteiger partial charge in [-0.15, -0.1) is 0 Å². The molecule has 2 fully saturated rings. The maximum atomic E-state index is 13.2. The zero-order valence-corrected chi connectivity index (χ0v) is 18.1. The summed E-state index contributed by atoms with van der Waals surface area (Å²) < 4.78 is 27.7. The smallest absolute Gasteiger partial charge is 0.261 e. The Morgan fingerprint density at radius 3 is 2.39 bits per heavy atom. The zero-order chi connectivity index (χ0) is 21.8. The summed E-state index contributed by atoms with van der Waals surface area (Å²) in [6, 6.07) is 14.2. The molecule has 0 bridgehead atoms. The average molecular weight is 442 g/mol. The van der Waals surface area contributed by atoms with Crippen LogP contribution >= 0.6 is 0 Å². The van der Waals surface area contributed by atoms with Gasteiger partial charge in [-0.2, -0.15) is 0 Å². The fourth-order valence-electron chi connectivity index (χ4n) is 4.35. The molecule has 1 atom stereocenters. The van der Waals surface area contributed by atoms with Crippen LogP contribution in [-0.2, 0) is 14.8 Å². The SMILES string of the molecule is O=C(NC1CCCC1)C1CCCN1C(=O)c1cccc(NS(=O)(=O)c2ccccc2)c1. The van der Waals surface area contributed by atoms with Crippen LogP contribution in [-0.4, -0.2) is 43.8 Å². The minimum absolute atomic E-state index is 0.0846. The molecule has 1 unspecified atom stereocenters. The molecule has 0 spiro atoms. The molecule has 8 heteroatoms. The van der Waals surface area contributed by atoms with Crippen molar-refractivity contribution in [3.63, 3.8) is 0 Å². The van der Waals surface area contributed by atoms with E-state index in [4.69, 9.17) is 0 Å². The molecule has 2 aromatic rings. The van der Waals surface area contributed by atoms with Gasteiger partial charge in [0.05, 0.1) is 4.90 Å². The van der Waals surface area contributed by atoms with E-state index in [1.54, 1.807) is 41.3 Å². The largest absolute Gasteiger partial charge is 0.352 e. The van der Waals surface area contributed by atoms with Gasteiger partial charge in [0, 0.05) is 23.8 Å². The third kappa shape index (κ3) is 4.90. The van der Waals surface area contributed by atoms with Gasteiger partial charge in [0.2, 0.25) is 5.91 Å². The maximum Gasteiger partial charge on any atom is 0.261 e. The van der Waals surface area contributed by atoms with Gasteiger partial charge in [0.15, 0.2) is 0 Å². The molecule has 4 rings (SSSR count). The molecule has 164 valence electrons. The van der Waals surface area contributed by atoms with Crippen molar-refractivity contribution in [1.82, 2.24) is 10.2 Å². The zero-order valence-electron chi connectivity index (χ0n) is 17.3. The summed E-state index contributed by atoms with van der Waals surface area (Å²) in [5, 5.41) is 3.09. The minimum Gasteiger partial charge on any atom is -0.352 e. The van der Waals surface area contributed by atoms with Crippen LogP contribution in [0.1, 0.15) is 48.9 Å². The van der Waals surface area contributed by atoms with Crippen LogP contribution in [0.3, 0.4) is 0 Å². The van der Waals surface area contributed by atoms with Crippen LogP contribution in [0.15, 0.2) is 59.5 Å². The first kappa shape index (κ1) is 21.4. The molecule has 2 N–H and O–H groups in total. The van der Waals surface area contributed by atoms with E-state index in [2.05, 4.69) is 10.0 Å². The van der Waals surface area contributed by atoms with Crippen LogP contribution in [0, 0.1) is 0 Å². The summed E-state index contributed by atoms with van der Waals surface area (Å²) >= 11 is 0. The van der Waals surface area contributed by atoms with Gasteiger partial charge in [-0.05, 0) is 56.0 Å². The Labute approximate surface area is 182 Å². The first-order valence-corrected chi connectivity index (χ1v) is 12.2. The highest BCUT2D eigenvalue weighted by Gasteiger charge is 2.35. The van der Waals surface area contributed by atoms with Crippen LogP contribution in [0.4, 0.5) is 5.69 Å². The van der Waals surface area contributed by atoms with Crippen molar-refractivity contribution in [3.8, 4) is 0 Å². The molecular formula is C23H27N3O4S. The second-order valence-corrected chi connectivity index (χ2v) is 9.83. The Hall–Kier alpha value is -2.87. The number of sulfonamides is 1. The molecule has 1 saturated heterocycles. The summed E-state index contributed by atoms with van der Waals surface area (Å²) in [5.41, 5.74) is 0.662. The van der Waals surface area contributed by atoms with Gasteiger partial charge in [0.25, 0.3) is 15.9 Å². The monoisotopic (exact) mass is 441 g/mol. The van der Waals surface area contributed by atoms with Gasteiger partial charge in [-0.25, -0.2) is 8.42 Å². The van der Waals surface area contributed by atoms with Crippen molar-refractivity contribution < 1.29 is 18.0 Å². The number of hydrogen-bond donors (Lipinski definition) is 2. The van der Waals surface area contributed by atoms with Crippen molar-refractivity contribution in [2.45, 2.75) is 55.5 Å². The van der Waals surface area contributed by atoms with Crippen LogP contribution in [0.25, 0.3) is 0 Å². The van der Waals surface area contributed by atoms with Crippen molar-refractivity contribution in [2.75, 3.05) is 11.3 Å². The lowest BCUT2D eigenvalue weighted by Gasteiger charge is -2.25. The van der Waals surface area contributed by atoms with Crippen LogP contribution in [0.2, 0.25) is 0 Å². The molecule has 2 aromatic carbocycles. The standard InChI is InChI=1S/C23H27N3O4S/c27-22(24-18-9-4-5-10-18)21-14-7-15-26(21)23(28)17-8-6-11-19(16-17)25-31(29,30)20-12-2-1-3-13-20/h1-3,6,8,11-13,16,18,21,25H,4-5,7,9-10,14-15H2,(H,24,27). The molecule has 7 nitrogen and oxygen atoms in total. The van der Waals surface area contributed by atoms with Gasteiger partial charge < -0.3 is 10.2 Å². The van der Waals surface area contributed by atoms with E-state index in [9.17, 15) is 18.0 Å². The Kier molecular flexibility index (Phi) is 6.27. The molecule has 0 aromatic heterocycles. The van der Waals surface area contributed by atoms with E-state index in [0.717, 1.165) is 32.1 Å². The van der Waals surface area contributed by atoms with E-state index in [-0.39, 0.29) is 22.8 Å². The highest BCUT2D eigenvalue weighted by atomic mass is 32.2. The number of benzene rings is 2. The molecule has 2 amide bonds. The van der Waals surface area contributed by atoms with Crippen molar-refractivity contribution in [3.05, 3.63) is 60.2 Å². The Bertz CT molecular complexity index is 1050. The maximum absolute atomic E-state index is 13.2. The average Bonchev–Trinajstić information content (AvgIpc) is 3.46. The highest BCUT2D eigenvalue weighted by Crippen LogP contribution is 2.24.